The Balaban J connectivity index is 2.24. The quantitative estimate of drug-likeness (QED) is 0.764. The first-order valence-corrected chi connectivity index (χ1v) is 5.86. The molecule has 2 rings (SSSR count). The number of hydrogen-bond acceptors (Lipinski definition) is 1. The number of rotatable bonds is 2. The molecule has 0 amide bonds. The fourth-order valence-corrected chi connectivity index (χ4v) is 2.49. The van der Waals surface area contributed by atoms with Crippen molar-refractivity contribution >= 4 is 29.0 Å². The zero-order chi connectivity index (χ0) is 11.0. The molecular weight excluding hydrogens is 231 g/mol. The van der Waals surface area contributed by atoms with Crippen molar-refractivity contribution in [1.29, 1.82) is 0 Å². The molecule has 0 radical (unpaired) electrons. The summed E-state index contributed by atoms with van der Waals surface area (Å²) in [4.78, 5) is 11.3. The smallest absolute Gasteiger partial charge is 0.137 e. The van der Waals surface area contributed by atoms with Crippen LogP contribution in [0.5, 0.6) is 0 Å². The van der Waals surface area contributed by atoms with E-state index in [1.54, 1.807) is 6.07 Å². The molecule has 2 atom stereocenters. The van der Waals surface area contributed by atoms with Gasteiger partial charge in [0.1, 0.15) is 5.78 Å². The number of ketones is 1. The third-order valence-electron chi connectivity index (χ3n) is 3.13. The molecule has 1 aromatic carbocycles. The lowest BCUT2D eigenvalue weighted by atomic mass is 9.68. The second kappa shape index (κ2) is 4.15. The Bertz CT molecular complexity index is 401. The highest BCUT2D eigenvalue weighted by Crippen LogP contribution is 2.42. The Morgan fingerprint density at radius 2 is 2.07 bits per heavy atom. The average molecular weight is 243 g/mol. The minimum absolute atomic E-state index is 0.183. The second-order valence-corrected chi connectivity index (χ2v) is 4.78. The molecule has 0 heterocycles. The van der Waals surface area contributed by atoms with Crippen LogP contribution in [0.1, 0.15) is 31.2 Å². The predicted molar refractivity (Wildman–Crippen MR) is 62.6 cm³/mol. The maximum absolute atomic E-state index is 11.3. The van der Waals surface area contributed by atoms with Crippen molar-refractivity contribution in [3.63, 3.8) is 0 Å². The largest absolute Gasteiger partial charge is 0.299 e. The standard InChI is InChI=1S/C12H12Cl2O/c1-2-8-9(6-12(8)15)7-3-4-10(13)11(14)5-7/h3-5,8-9H,2,6H2,1H3. The number of Topliss-reactive ketones (excluding diaryl/α,β-unsaturated/α-hetero) is 1. The molecule has 80 valence electrons. The van der Waals surface area contributed by atoms with Crippen LogP contribution >= 0.6 is 23.2 Å². The van der Waals surface area contributed by atoms with Crippen molar-refractivity contribution in [3.8, 4) is 0 Å². The van der Waals surface area contributed by atoms with E-state index in [1.165, 1.54) is 0 Å². The Morgan fingerprint density at radius 1 is 1.33 bits per heavy atom. The first kappa shape index (κ1) is 11.0. The van der Waals surface area contributed by atoms with Gasteiger partial charge in [0.25, 0.3) is 0 Å². The van der Waals surface area contributed by atoms with Crippen molar-refractivity contribution in [1.82, 2.24) is 0 Å². The molecule has 0 spiro atoms. The molecule has 1 saturated carbocycles. The minimum Gasteiger partial charge on any atom is -0.299 e. The summed E-state index contributed by atoms with van der Waals surface area (Å²) in [7, 11) is 0. The van der Waals surface area contributed by atoms with Gasteiger partial charge in [0.2, 0.25) is 0 Å². The van der Waals surface area contributed by atoms with Gasteiger partial charge >= 0.3 is 0 Å². The summed E-state index contributed by atoms with van der Waals surface area (Å²) in [6.45, 7) is 2.05. The van der Waals surface area contributed by atoms with Crippen LogP contribution in [-0.4, -0.2) is 5.78 Å². The molecule has 0 N–H and O–H groups in total. The average Bonchev–Trinajstić information content (AvgIpc) is 2.19. The third kappa shape index (κ3) is 1.91. The fraction of sp³-hybridized carbons (Fsp3) is 0.417. The van der Waals surface area contributed by atoms with Gasteiger partial charge in [0.15, 0.2) is 0 Å². The number of carbonyl (C=O) groups is 1. The molecular formula is C12H12Cl2O. The van der Waals surface area contributed by atoms with Gasteiger partial charge in [-0.2, -0.15) is 0 Å². The van der Waals surface area contributed by atoms with Gasteiger partial charge in [-0.05, 0) is 24.1 Å². The molecule has 1 aromatic rings. The number of hydrogen-bond donors (Lipinski definition) is 0. The molecule has 0 saturated heterocycles. The monoisotopic (exact) mass is 242 g/mol. The van der Waals surface area contributed by atoms with Crippen LogP contribution in [0.15, 0.2) is 18.2 Å². The molecule has 0 aliphatic heterocycles. The highest BCUT2D eigenvalue weighted by molar-refractivity contribution is 6.42. The van der Waals surface area contributed by atoms with Crippen LogP contribution in [0.2, 0.25) is 10.0 Å². The van der Waals surface area contributed by atoms with Crippen LogP contribution in [0.4, 0.5) is 0 Å². The second-order valence-electron chi connectivity index (χ2n) is 3.97. The van der Waals surface area contributed by atoms with Gasteiger partial charge < -0.3 is 0 Å². The van der Waals surface area contributed by atoms with E-state index in [0.29, 0.717) is 28.2 Å². The number of benzene rings is 1. The highest BCUT2D eigenvalue weighted by Gasteiger charge is 2.38. The molecule has 1 nitrogen and oxygen atoms in total. The van der Waals surface area contributed by atoms with Crippen molar-refractivity contribution < 1.29 is 4.79 Å². The molecule has 15 heavy (non-hydrogen) atoms. The number of carbonyl (C=O) groups excluding carboxylic acids is 1. The number of halogens is 2. The minimum atomic E-state index is 0.183. The van der Waals surface area contributed by atoms with Crippen LogP contribution in [-0.2, 0) is 4.79 Å². The lowest BCUT2D eigenvalue weighted by Gasteiger charge is -2.34. The van der Waals surface area contributed by atoms with Gasteiger partial charge in [-0.25, -0.2) is 0 Å². The molecule has 1 aliphatic rings. The molecule has 0 aromatic heterocycles. The Hall–Kier alpha value is -0.530. The van der Waals surface area contributed by atoms with E-state index >= 15 is 0 Å². The first-order chi connectivity index (χ1) is 7.13. The van der Waals surface area contributed by atoms with Crippen LogP contribution < -0.4 is 0 Å². The molecule has 2 unspecified atom stereocenters. The highest BCUT2D eigenvalue weighted by atomic mass is 35.5. The van der Waals surface area contributed by atoms with Gasteiger partial charge in [0, 0.05) is 18.3 Å². The summed E-state index contributed by atoms with van der Waals surface area (Å²) in [5.41, 5.74) is 1.14. The molecule has 1 fully saturated rings. The van der Waals surface area contributed by atoms with Crippen LogP contribution in [0, 0.1) is 5.92 Å². The summed E-state index contributed by atoms with van der Waals surface area (Å²) in [5.74, 6) is 0.896. The molecule has 1 aliphatic carbocycles. The van der Waals surface area contributed by atoms with Gasteiger partial charge in [0.05, 0.1) is 10.0 Å². The van der Waals surface area contributed by atoms with Crippen molar-refractivity contribution in [3.05, 3.63) is 33.8 Å². The van der Waals surface area contributed by atoms with Crippen molar-refractivity contribution in [2.24, 2.45) is 5.92 Å². The maximum Gasteiger partial charge on any atom is 0.137 e. The van der Waals surface area contributed by atoms with E-state index < -0.39 is 0 Å². The molecule has 3 heteroatoms. The summed E-state index contributed by atoms with van der Waals surface area (Å²) in [6, 6.07) is 5.65. The third-order valence-corrected chi connectivity index (χ3v) is 3.87. The Morgan fingerprint density at radius 3 is 2.60 bits per heavy atom. The van der Waals surface area contributed by atoms with E-state index in [1.807, 2.05) is 19.1 Å². The fourth-order valence-electron chi connectivity index (χ4n) is 2.18. The van der Waals surface area contributed by atoms with E-state index in [0.717, 1.165) is 12.0 Å². The van der Waals surface area contributed by atoms with Crippen molar-refractivity contribution in [2.45, 2.75) is 25.7 Å². The predicted octanol–water partition coefficient (Wildman–Crippen LogP) is 4.08. The summed E-state index contributed by atoms with van der Waals surface area (Å²) in [5, 5.41) is 1.14. The van der Waals surface area contributed by atoms with E-state index in [2.05, 4.69) is 0 Å². The van der Waals surface area contributed by atoms with E-state index in [4.69, 9.17) is 23.2 Å². The van der Waals surface area contributed by atoms with E-state index in [9.17, 15) is 4.79 Å². The van der Waals surface area contributed by atoms with Crippen molar-refractivity contribution in [2.75, 3.05) is 0 Å². The van der Waals surface area contributed by atoms with Gasteiger partial charge in [-0.3, -0.25) is 4.79 Å². The van der Waals surface area contributed by atoms with Gasteiger partial charge in [-0.1, -0.05) is 36.2 Å². The topological polar surface area (TPSA) is 17.1 Å². The summed E-state index contributed by atoms with van der Waals surface area (Å²) in [6.07, 6.45) is 1.56. The summed E-state index contributed by atoms with van der Waals surface area (Å²) >= 11 is 11.8. The normalized spacial score (nSPS) is 25.1. The maximum atomic E-state index is 11.3. The zero-order valence-electron chi connectivity index (χ0n) is 8.47. The van der Waals surface area contributed by atoms with Crippen LogP contribution in [0.25, 0.3) is 0 Å². The SMILES string of the molecule is CCC1C(=O)CC1c1ccc(Cl)c(Cl)c1. The Kier molecular flexibility index (Phi) is 3.03. The lowest BCUT2D eigenvalue weighted by Crippen LogP contribution is -2.34. The lowest BCUT2D eigenvalue weighted by molar-refractivity contribution is -0.131. The zero-order valence-corrected chi connectivity index (χ0v) is 9.98. The van der Waals surface area contributed by atoms with E-state index in [-0.39, 0.29) is 5.92 Å². The Labute approximate surface area is 99.4 Å². The molecule has 0 bridgehead atoms. The van der Waals surface area contributed by atoms with Gasteiger partial charge in [-0.15, -0.1) is 0 Å². The van der Waals surface area contributed by atoms with Crippen LogP contribution in [0.3, 0.4) is 0 Å². The first-order valence-electron chi connectivity index (χ1n) is 5.11. The summed E-state index contributed by atoms with van der Waals surface area (Å²) < 4.78 is 0.